The normalized spacial score (nSPS) is 14.1. The lowest BCUT2D eigenvalue weighted by molar-refractivity contribution is -0.870. The van der Waals surface area contributed by atoms with Crippen LogP contribution in [0.3, 0.4) is 0 Å². The fourth-order valence-electron chi connectivity index (χ4n) is 8.21. The SMILES string of the molecule is CCCCC/C=C/C=C/CCCCCCCCC(=O)OC(/C=C/CCCCCCCCCCCC)C(COP(=O)([O-])OCC[N+](C)(C)C)NC(=O)CCCCCCC/C=C/CCCCCCCCC. The first-order valence-electron chi connectivity index (χ1n) is 29.0. The molecule has 69 heavy (non-hydrogen) atoms. The zero-order valence-electron chi connectivity index (χ0n) is 46.0. The number of rotatable bonds is 52. The van der Waals surface area contributed by atoms with E-state index in [4.69, 9.17) is 13.8 Å². The van der Waals surface area contributed by atoms with E-state index in [0.29, 0.717) is 17.4 Å². The van der Waals surface area contributed by atoms with Crippen molar-refractivity contribution in [3.63, 3.8) is 0 Å². The molecule has 0 fully saturated rings. The van der Waals surface area contributed by atoms with E-state index >= 15 is 0 Å². The number of carbonyl (C=O) groups is 2. The van der Waals surface area contributed by atoms with Crippen LogP contribution in [0.4, 0.5) is 0 Å². The van der Waals surface area contributed by atoms with E-state index in [9.17, 15) is 19.0 Å². The van der Waals surface area contributed by atoms with Crippen LogP contribution in [0.25, 0.3) is 0 Å². The van der Waals surface area contributed by atoms with Crippen LogP contribution < -0.4 is 10.2 Å². The summed E-state index contributed by atoms with van der Waals surface area (Å²) in [5.74, 6) is -0.560. The predicted octanol–water partition coefficient (Wildman–Crippen LogP) is 16.7. The number of phosphoric acid groups is 1. The van der Waals surface area contributed by atoms with E-state index < -0.39 is 26.6 Å². The van der Waals surface area contributed by atoms with Gasteiger partial charge in [0, 0.05) is 12.8 Å². The third-order valence-electron chi connectivity index (χ3n) is 12.8. The molecule has 0 rings (SSSR count). The first kappa shape index (κ1) is 67.0. The van der Waals surface area contributed by atoms with E-state index in [-0.39, 0.29) is 24.9 Å². The lowest BCUT2D eigenvalue weighted by Crippen LogP contribution is -2.47. The number of carbonyl (C=O) groups excluding carboxylic acids is 2. The van der Waals surface area contributed by atoms with Crippen molar-refractivity contribution in [2.75, 3.05) is 40.9 Å². The molecular formula is C59H111N2O7P. The lowest BCUT2D eigenvalue weighted by Gasteiger charge is -2.30. The molecule has 0 spiro atoms. The molecule has 1 N–H and O–H groups in total. The Kier molecular flexibility index (Phi) is 48.1. The fraction of sp³-hybridized carbons (Fsp3) is 0.831. The molecule has 0 aliphatic carbocycles. The summed E-state index contributed by atoms with van der Waals surface area (Å²) in [6.45, 7) is 6.80. The molecule has 0 aliphatic rings. The number of ether oxygens (including phenoxy) is 1. The van der Waals surface area contributed by atoms with Gasteiger partial charge in [0.1, 0.15) is 19.3 Å². The number of amides is 1. The number of allylic oxidation sites excluding steroid dienone is 7. The van der Waals surface area contributed by atoms with Crippen LogP contribution in [-0.2, 0) is 27.9 Å². The van der Waals surface area contributed by atoms with Gasteiger partial charge in [0.05, 0.1) is 33.8 Å². The van der Waals surface area contributed by atoms with Gasteiger partial charge in [-0.15, -0.1) is 0 Å². The van der Waals surface area contributed by atoms with Gasteiger partial charge in [-0.2, -0.15) is 0 Å². The number of hydrogen-bond acceptors (Lipinski definition) is 7. The van der Waals surface area contributed by atoms with Crippen molar-refractivity contribution in [2.45, 2.75) is 277 Å². The number of nitrogens with one attached hydrogen (secondary N) is 1. The van der Waals surface area contributed by atoms with Crippen LogP contribution in [0, 0.1) is 0 Å². The highest BCUT2D eigenvalue weighted by atomic mass is 31.2. The van der Waals surface area contributed by atoms with Gasteiger partial charge in [-0.25, -0.2) is 0 Å². The molecule has 0 aromatic heterocycles. The summed E-state index contributed by atoms with van der Waals surface area (Å²) in [6.07, 6.45) is 59.2. The van der Waals surface area contributed by atoms with Crippen molar-refractivity contribution in [1.82, 2.24) is 5.32 Å². The number of quaternary nitrogens is 1. The van der Waals surface area contributed by atoms with Gasteiger partial charge in [-0.1, -0.05) is 217 Å². The molecule has 0 heterocycles. The Bertz CT molecular complexity index is 1330. The molecule has 0 aromatic rings. The number of nitrogens with zero attached hydrogens (tertiary/aromatic N) is 1. The molecule has 0 aliphatic heterocycles. The molecule has 0 bridgehead atoms. The summed E-state index contributed by atoms with van der Waals surface area (Å²) in [4.78, 5) is 39.8. The molecular weight excluding hydrogens is 880 g/mol. The zero-order valence-corrected chi connectivity index (χ0v) is 46.9. The highest BCUT2D eigenvalue weighted by molar-refractivity contribution is 7.45. The van der Waals surface area contributed by atoms with Crippen molar-refractivity contribution in [3.05, 3.63) is 48.6 Å². The third-order valence-corrected chi connectivity index (χ3v) is 13.7. The van der Waals surface area contributed by atoms with Crippen molar-refractivity contribution >= 4 is 19.7 Å². The zero-order chi connectivity index (χ0) is 50.8. The number of esters is 1. The molecule has 0 saturated carbocycles. The van der Waals surface area contributed by atoms with Gasteiger partial charge in [-0.05, 0) is 83.1 Å². The molecule has 0 saturated heterocycles. The van der Waals surface area contributed by atoms with Crippen molar-refractivity contribution < 1.29 is 37.3 Å². The minimum Gasteiger partial charge on any atom is -0.756 e. The number of unbranched alkanes of at least 4 members (excludes halogenated alkanes) is 31. The van der Waals surface area contributed by atoms with Crippen LogP contribution in [-0.4, -0.2) is 69.4 Å². The van der Waals surface area contributed by atoms with E-state index in [1.54, 1.807) is 0 Å². The summed E-state index contributed by atoms with van der Waals surface area (Å²) < 4.78 is 30.2. The summed E-state index contributed by atoms with van der Waals surface area (Å²) in [6, 6.07) is -0.895. The number of likely N-dealkylation sites (N-methyl/N-ethyl adjacent to an activating group) is 1. The lowest BCUT2D eigenvalue weighted by atomic mass is 10.0. The van der Waals surface area contributed by atoms with Crippen LogP contribution >= 0.6 is 7.82 Å². The molecule has 3 unspecified atom stereocenters. The molecule has 404 valence electrons. The summed E-state index contributed by atoms with van der Waals surface area (Å²) in [5.41, 5.74) is 0. The van der Waals surface area contributed by atoms with Gasteiger partial charge in [0.25, 0.3) is 7.82 Å². The van der Waals surface area contributed by atoms with Crippen molar-refractivity contribution in [2.24, 2.45) is 0 Å². The minimum atomic E-state index is -4.70. The molecule has 0 aromatic carbocycles. The Morgan fingerprint density at radius 1 is 0.507 bits per heavy atom. The molecule has 10 heteroatoms. The third kappa shape index (κ3) is 50.7. The molecule has 9 nitrogen and oxygen atoms in total. The summed E-state index contributed by atoms with van der Waals surface area (Å²) in [5, 5.41) is 3.01. The van der Waals surface area contributed by atoms with Crippen LogP contribution in [0.15, 0.2) is 48.6 Å². The van der Waals surface area contributed by atoms with E-state index in [2.05, 4.69) is 62.5 Å². The Morgan fingerprint density at radius 3 is 1.35 bits per heavy atom. The number of phosphoric ester groups is 1. The Hall–Kier alpha value is -2.03. The number of hydrogen-bond donors (Lipinski definition) is 1. The van der Waals surface area contributed by atoms with Gasteiger partial charge in [0.15, 0.2) is 0 Å². The first-order valence-corrected chi connectivity index (χ1v) is 30.4. The van der Waals surface area contributed by atoms with Crippen LogP contribution in [0.5, 0.6) is 0 Å². The average Bonchev–Trinajstić information content (AvgIpc) is 3.31. The van der Waals surface area contributed by atoms with E-state index in [0.717, 1.165) is 96.3 Å². The fourth-order valence-corrected chi connectivity index (χ4v) is 8.94. The van der Waals surface area contributed by atoms with Crippen LogP contribution in [0.1, 0.15) is 265 Å². The second-order valence-electron chi connectivity index (χ2n) is 20.8. The van der Waals surface area contributed by atoms with Crippen LogP contribution in [0.2, 0.25) is 0 Å². The Labute approximate surface area is 427 Å². The smallest absolute Gasteiger partial charge is 0.306 e. The molecule has 3 atom stereocenters. The minimum absolute atomic E-state index is 0.0259. The highest BCUT2D eigenvalue weighted by Gasteiger charge is 2.27. The maximum absolute atomic E-state index is 13.5. The molecule has 0 radical (unpaired) electrons. The second-order valence-corrected chi connectivity index (χ2v) is 22.2. The standard InChI is InChI=1S/C59H111N2O7P/c1-7-10-13-16-19-22-25-28-30-32-33-36-39-42-45-48-51-58(62)60-56(55-67-69(64,65)66-54-53-61(4,5)6)57(50-47-44-41-38-35-27-24-21-18-15-12-9-3)68-59(63)52-49-46-43-40-37-34-31-29-26-23-20-17-14-11-8-2/h20,23,26,29-30,32,47,50,56-57H,7-19,21-22,24-25,27-28,31,33-46,48-49,51-55H2,1-6H3,(H-,60,62,64,65)/b23-20+,29-26+,32-30+,50-47+. The van der Waals surface area contributed by atoms with E-state index in [1.807, 2.05) is 33.3 Å². The van der Waals surface area contributed by atoms with Gasteiger partial charge in [-0.3, -0.25) is 14.2 Å². The largest absolute Gasteiger partial charge is 0.756 e. The van der Waals surface area contributed by atoms with Gasteiger partial charge < -0.3 is 28.5 Å². The molecule has 1 amide bonds. The first-order chi connectivity index (χ1) is 33.4. The maximum Gasteiger partial charge on any atom is 0.306 e. The second kappa shape index (κ2) is 49.5. The summed E-state index contributed by atoms with van der Waals surface area (Å²) in [7, 11) is 1.17. The van der Waals surface area contributed by atoms with Crippen molar-refractivity contribution in [3.8, 4) is 0 Å². The van der Waals surface area contributed by atoms with Gasteiger partial charge in [0.2, 0.25) is 5.91 Å². The topological polar surface area (TPSA) is 114 Å². The van der Waals surface area contributed by atoms with E-state index in [1.165, 1.54) is 135 Å². The monoisotopic (exact) mass is 991 g/mol. The average molecular weight is 992 g/mol. The van der Waals surface area contributed by atoms with Crippen molar-refractivity contribution in [1.29, 1.82) is 0 Å². The highest BCUT2D eigenvalue weighted by Crippen LogP contribution is 2.38. The Morgan fingerprint density at radius 2 is 0.884 bits per heavy atom. The summed E-state index contributed by atoms with van der Waals surface area (Å²) >= 11 is 0. The Balaban J connectivity index is 5.37. The maximum atomic E-state index is 13.5. The quantitative estimate of drug-likeness (QED) is 0.0161. The van der Waals surface area contributed by atoms with Gasteiger partial charge >= 0.3 is 5.97 Å². The predicted molar refractivity (Wildman–Crippen MR) is 293 cm³/mol.